The highest BCUT2D eigenvalue weighted by molar-refractivity contribution is 7.99. The van der Waals surface area contributed by atoms with Crippen LogP contribution >= 0.6 is 11.8 Å². The zero-order chi connectivity index (χ0) is 20.2. The number of aryl methyl sites for hydroxylation is 1. The fourth-order valence-corrected chi connectivity index (χ4v) is 3.70. The fourth-order valence-electron chi connectivity index (χ4n) is 3.13. The SMILES string of the molecule is Cc1cccc(-c2nnc(SCC(=O)Nc3ccc(N4CCCC4=O)cc3)o2)c1. The Bertz CT molecular complexity index is 1030. The zero-order valence-electron chi connectivity index (χ0n) is 15.9. The molecule has 2 aromatic carbocycles. The van der Waals surface area contributed by atoms with Crippen LogP contribution in [0.25, 0.3) is 11.5 Å². The minimum absolute atomic E-state index is 0.141. The number of benzene rings is 2. The second-order valence-corrected chi connectivity index (χ2v) is 7.70. The summed E-state index contributed by atoms with van der Waals surface area (Å²) in [5, 5.41) is 11.2. The predicted molar refractivity (Wildman–Crippen MR) is 112 cm³/mol. The summed E-state index contributed by atoms with van der Waals surface area (Å²) < 4.78 is 5.63. The lowest BCUT2D eigenvalue weighted by Crippen LogP contribution is -2.23. The Morgan fingerprint density at radius 2 is 2.03 bits per heavy atom. The zero-order valence-corrected chi connectivity index (χ0v) is 16.7. The smallest absolute Gasteiger partial charge is 0.277 e. The third kappa shape index (κ3) is 4.65. The maximum Gasteiger partial charge on any atom is 0.277 e. The first-order valence-corrected chi connectivity index (χ1v) is 10.3. The second kappa shape index (κ2) is 8.48. The van der Waals surface area contributed by atoms with Crippen LogP contribution in [-0.4, -0.2) is 34.3 Å². The Hall–Kier alpha value is -3.13. The monoisotopic (exact) mass is 408 g/mol. The third-order valence-corrected chi connectivity index (χ3v) is 5.35. The summed E-state index contributed by atoms with van der Waals surface area (Å²) in [5.74, 6) is 0.559. The van der Waals surface area contributed by atoms with Gasteiger partial charge in [-0.2, -0.15) is 0 Å². The lowest BCUT2D eigenvalue weighted by Gasteiger charge is -2.16. The van der Waals surface area contributed by atoms with Crippen molar-refractivity contribution < 1.29 is 14.0 Å². The minimum atomic E-state index is -0.171. The molecule has 8 heteroatoms. The number of rotatable bonds is 6. The van der Waals surface area contributed by atoms with Gasteiger partial charge in [0.25, 0.3) is 5.22 Å². The topological polar surface area (TPSA) is 88.3 Å². The molecule has 7 nitrogen and oxygen atoms in total. The molecule has 148 valence electrons. The van der Waals surface area contributed by atoms with Crippen LogP contribution in [0.5, 0.6) is 0 Å². The van der Waals surface area contributed by atoms with E-state index in [4.69, 9.17) is 4.42 Å². The fraction of sp³-hybridized carbons (Fsp3) is 0.238. The summed E-state index contributed by atoms with van der Waals surface area (Å²) in [5.41, 5.74) is 3.49. The molecule has 4 rings (SSSR count). The minimum Gasteiger partial charge on any atom is -0.411 e. The summed E-state index contributed by atoms with van der Waals surface area (Å²) in [4.78, 5) is 25.8. The first-order valence-electron chi connectivity index (χ1n) is 9.32. The van der Waals surface area contributed by atoms with Crippen molar-refractivity contribution in [1.82, 2.24) is 10.2 Å². The number of aromatic nitrogens is 2. The number of nitrogens with one attached hydrogen (secondary N) is 1. The van der Waals surface area contributed by atoms with E-state index in [1.165, 1.54) is 11.8 Å². The van der Waals surface area contributed by atoms with Crippen molar-refractivity contribution in [1.29, 1.82) is 0 Å². The maximum atomic E-state index is 12.2. The summed E-state index contributed by atoms with van der Waals surface area (Å²) >= 11 is 1.19. The average molecular weight is 408 g/mol. The summed E-state index contributed by atoms with van der Waals surface area (Å²) in [6.07, 6.45) is 1.48. The van der Waals surface area contributed by atoms with Gasteiger partial charge < -0.3 is 14.6 Å². The molecule has 0 radical (unpaired) electrons. The van der Waals surface area contributed by atoms with Crippen LogP contribution in [0, 0.1) is 6.92 Å². The van der Waals surface area contributed by atoms with Crippen LogP contribution in [0.1, 0.15) is 18.4 Å². The van der Waals surface area contributed by atoms with Crippen LogP contribution in [0.3, 0.4) is 0 Å². The number of thioether (sulfide) groups is 1. The Balaban J connectivity index is 1.31. The van der Waals surface area contributed by atoms with Gasteiger partial charge in [-0.15, -0.1) is 10.2 Å². The standard InChI is InChI=1S/C21H20N4O3S/c1-14-4-2-5-15(12-14)20-23-24-21(28-20)29-13-18(26)22-16-7-9-17(10-8-16)25-11-3-6-19(25)27/h2,4-5,7-10,12H,3,6,11,13H2,1H3,(H,22,26). The molecular formula is C21H20N4O3S. The van der Waals surface area contributed by atoms with E-state index < -0.39 is 0 Å². The highest BCUT2D eigenvalue weighted by Gasteiger charge is 2.21. The Morgan fingerprint density at radius 3 is 2.76 bits per heavy atom. The normalized spacial score (nSPS) is 13.7. The largest absolute Gasteiger partial charge is 0.411 e. The van der Waals surface area contributed by atoms with E-state index >= 15 is 0 Å². The van der Waals surface area contributed by atoms with Crippen molar-refractivity contribution in [3.8, 4) is 11.5 Å². The Labute approximate surface area is 172 Å². The number of carbonyl (C=O) groups excluding carboxylic acids is 2. The molecule has 2 heterocycles. The summed E-state index contributed by atoms with van der Waals surface area (Å²) in [6, 6.07) is 15.1. The molecule has 0 saturated carbocycles. The molecule has 1 saturated heterocycles. The number of amides is 2. The summed E-state index contributed by atoms with van der Waals surface area (Å²) in [7, 11) is 0. The van der Waals surface area contributed by atoms with Gasteiger partial charge in [-0.1, -0.05) is 29.5 Å². The van der Waals surface area contributed by atoms with Crippen molar-refractivity contribution in [2.24, 2.45) is 0 Å². The number of carbonyl (C=O) groups is 2. The van der Waals surface area contributed by atoms with E-state index in [-0.39, 0.29) is 17.6 Å². The predicted octanol–water partition coefficient (Wildman–Crippen LogP) is 3.90. The molecule has 0 unspecified atom stereocenters. The van der Waals surface area contributed by atoms with Crippen LogP contribution in [-0.2, 0) is 9.59 Å². The van der Waals surface area contributed by atoms with Gasteiger partial charge >= 0.3 is 0 Å². The molecule has 29 heavy (non-hydrogen) atoms. The van der Waals surface area contributed by atoms with Crippen LogP contribution in [0.15, 0.2) is 58.2 Å². The van der Waals surface area contributed by atoms with Gasteiger partial charge in [0.05, 0.1) is 5.75 Å². The maximum absolute atomic E-state index is 12.2. The van der Waals surface area contributed by atoms with Crippen LogP contribution in [0.2, 0.25) is 0 Å². The molecule has 0 aliphatic carbocycles. The average Bonchev–Trinajstić information content (AvgIpc) is 3.36. The first-order chi connectivity index (χ1) is 14.1. The lowest BCUT2D eigenvalue weighted by molar-refractivity contribution is -0.117. The van der Waals surface area contributed by atoms with Gasteiger partial charge in [-0.25, -0.2) is 0 Å². The highest BCUT2D eigenvalue weighted by atomic mass is 32.2. The van der Waals surface area contributed by atoms with Crippen molar-refractivity contribution in [3.63, 3.8) is 0 Å². The van der Waals surface area contributed by atoms with E-state index in [0.29, 0.717) is 23.2 Å². The molecule has 1 aromatic heterocycles. The first kappa shape index (κ1) is 19.2. The van der Waals surface area contributed by atoms with Gasteiger partial charge in [-0.05, 0) is 49.7 Å². The van der Waals surface area contributed by atoms with Crippen LogP contribution < -0.4 is 10.2 Å². The van der Waals surface area contributed by atoms with Gasteiger partial charge in [-0.3, -0.25) is 9.59 Å². The van der Waals surface area contributed by atoms with Crippen molar-refractivity contribution >= 4 is 35.0 Å². The van der Waals surface area contributed by atoms with Gasteiger partial charge in [0.15, 0.2) is 0 Å². The third-order valence-electron chi connectivity index (χ3n) is 4.53. The van der Waals surface area contributed by atoms with E-state index in [2.05, 4.69) is 15.5 Å². The highest BCUT2D eigenvalue weighted by Crippen LogP contribution is 2.25. The van der Waals surface area contributed by atoms with Crippen molar-refractivity contribution in [2.45, 2.75) is 25.0 Å². The number of anilines is 2. The van der Waals surface area contributed by atoms with Crippen molar-refractivity contribution in [2.75, 3.05) is 22.5 Å². The molecule has 2 amide bonds. The Morgan fingerprint density at radius 1 is 1.21 bits per heavy atom. The number of hydrogen-bond donors (Lipinski definition) is 1. The molecule has 1 N–H and O–H groups in total. The number of hydrogen-bond acceptors (Lipinski definition) is 6. The van der Waals surface area contributed by atoms with Crippen molar-refractivity contribution in [3.05, 3.63) is 54.1 Å². The van der Waals surface area contributed by atoms with Crippen LogP contribution in [0.4, 0.5) is 11.4 Å². The molecule has 1 aliphatic rings. The van der Waals surface area contributed by atoms with Gasteiger partial charge in [0, 0.05) is 29.9 Å². The molecule has 0 atom stereocenters. The van der Waals surface area contributed by atoms with Gasteiger partial charge in [0.1, 0.15) is 0 Å². The number of nitrogens with zero attached hydrogens (tertiary/aromatic N) is 3. The molecular weight excluding hydrogens is 388 g/mol. The Kier molecular flexibility index (Phi) is 5.62. The molecule has 3 aromatic rings. The summed E-state index contributed by atoms with van der Waals surface area (Å²) in [6.45, 7) is 2.74. The molecule has 1 fully saturated rings. The lowest BCUT2D eigenvalue weighted by atomic mass is 10.1. The molecule has 0 bridgehead atoms. The molecule has 0 spiro atoms. The van der Waals surface area contributed by atoms with E-state index in [1.54, 1.807) is 17.0 Å². The van der Waals surface area contributed by atoms with E-state index in [9.17, 15) is 9.59 Å². The van der Waals surface area contributed by atoms with E-state index in [0.717, 1.165) is 29.8 Å². The van der Waals surface area contributed by atoms with E-state index in [1.807, 2.05) is 43.3 Å². The second-order valence-electron chi connectivity index (χ2n) is 6.78. The van der Waals surface area contributed by atoms with Gasteiger partial charge in [0.2, 0.25) is 17.7 Å². The quantitative estimate of drug-likeness (QED) is 0.622. The molecule has 1 aliphatic heterocycles.